The predicted molar refractivity (Wildman–Crippen MR) is 63.4 cm³/mol. The van der Waals surface area contributed by atoms with Gasteiger partial charge in [0, 0.05) is 12.0 Å². The topological polar surface area (TPSA) is 49.3 Å². The minimum atomic E-state index is -4.45. The number of carbonyl (C=O) groups excluding carboxylic acids is 1. The quantitative estimate of drug-likeness (QED) is 0.822. The third kappa shape index (κ3) is 5.44. The van der Waals surface area contributed by atoms with Crippen LogP contribution in [0.3, 0.4) is 0 Å². The fraction of sp³-hybridized carbons (Fsp3) is 0.308. The number of nitrogens with one attached hydrogen (secondary N) is 1. The van der Waals surface area contributed by atoms with Gasteiger partial charge in [-0.3, -0.25) is 4.79 Å². The minimum Gasteiger partial charge on any atom is -0.395 e. The summed E-state index contributed by atoms with van der Waals surface area (Å²) in [5, 5.41) is 10.4. The molecule has 1 aromatic rings. The Morgan fingerprint density at radius 3 is 2.63 bits per heavy atom. The average molecular weight is 271 g/mol. The van der Waals surface area contributed by atoms with Crippen molar-refractivity contribution in [2.75, 3.05) is 13.2 Å². The van der Waals surface area contributed by atoms with Gasteiger partial charge in [-0.1, -0.05) is 24.0 Å². The van der Waals surface area contributed by atoms with E-state index in [4.69, 9.17) is 5.11 Å². The van der Waals surface area contributed by atoms with Crippen LogP contribution >= 0.6 is 0 Å². The summed E-state index contributed by atoms with van der Waals surface area (Å²) in [6.07, 6.45) is -4.22. The highest BCUT2D eigenvalue weighted by Gasteiger charge is 2.28. The summed E-state index contributed by atoms with van der Waals surface area (Å²) in [4.78, 5) is 11.6. The molecule has 3 nitrogen and oxygen atoms in total. The Morgan fingerprint density at radius 2 is 2.00 bits per heavy atom. The molecule has 19 heavy (non-hydrogen) atoms. The van der Waals surface area contributed by atoms with Crippen molar-refractivity contribution in [1.29, 1.82) is 0 Å². The molecule has 0 fully saturated rings. The molecule has 102 valence electrons. The van der Waals surface area contributed by atoms with E-state index < -0.39 is 18.6 Å². The van der Waals surface area contributed by atoms with E-state index in [1.807, 2.05) is 0 Å². The van der Waals surface area contributed by atoms with E-state index in [1.165, 1.54) is 12.1 Å². The van der Waals surface area contributed by atoms with Gasteiger partial charge in [0.2, 0.25) is 0 Å². The van der Waals surface area contributed by atoms with Crippen molar-refractivity contribution in [1.82, 2.24) is 5.32 Å². The Labute approximate surface area is 108 Å². The molecular formula is C13H12F3NO2. The van der Waals surface area contributed by atoms with Crippen LogP contribution in [0.1, 0.15) is 22.3 Å². The summed E-state index contributed by atoms with van der Waals surface area (Å²) in [6, 6.07) is 6.10. The first-order valence-electron chi connectivity index (χ1n) is 5.48. The summed E-state index contributed by atoms with van der Waals surface area (Å²) < 4.78 is 36.0. The molecule has 0 aliphatic rings. The largest absolute Gasteiger partial charge is 0.405 e. The van der Waals surface area contributed by atoms with Gasteiger partial charge in [0.25, 0.3) is 5.91 Å². The molecule has 6 heteroatoms. The average Bonchev–Trinajstić information content (AvgIpc) is 2.36. The number of carbonyl (C=O) groups is 1. The summed E-state index contributed by atoms with van der Waals surface area (Å²) in [7, 11) is 0. The summed E-state index contributed by atoms with van der Waals surface area (Å²) in [5.74, 6) is 4.43. The number of rotatable bonds is 3. The van der Waals surface area contributed by atoms with E-state index in [0.717, 1.165) is 0 Å². The van der Waals surface area contributed by atoms with Crippen molar-refractivity contribution in [2.24, 2.45) is 0 Å². The van der Waals surface area contributed by atoms with Gasteiger partial charge in [-0.15, -0.1) is 0 Å². The Morgan fingerprint density at radius 1 is 1.32 bits per heavy atom. The molecule has 0 bridgehead atoms. The Balaban J connectivity index is 2.83. The van der Waals surface area contributed by atoms with Gasteiger partial charge in [0.1, 0.15) is 6.54 Å². The molecule has 0 aliphatic carbocycles. The van der Waals surface area contributed by atoms with E-state index >= 15 is 0 Å². The Kier molecular flexibility index (Phi) is 5.39. The number of aliphatic hydroxyl groups excluding tert-OH is 1. The smallest absolute Gasteiger partial charge is 0.395 e. The van der Waals surface area contributed by atoms with Gasteiger partial charge in [0.15, 0.2) is 0 Å². The molecular weight excluding hydrogens is 259 g/mol. The summed E-state index contributed by atoms with van der Waals surface area (Å²) >= 11 is 0. The molecule has 0 atom stereocenters. The van der Waals surface area contributed by atoms with Gasteiger partial charge >= 0.3 is 6.18 Å². The molecule has 0 unspecified atom stereocenters. The predicted octanol–water partition coefficient (Wildman–Crippen LogP) is 1.71. The lowest BCUT2D eigenvalue weighted by Gasteiger charge is -2.09. The van der Waals surface area contributed by atoms with Crippen LogP contribution in [0.4, 0.5) is 13.2 Å². The van der Waals surface area contributed by atoms with E-state index in [2.05, 4.69) is 11.8 Å². The highest BCUT2D eigenvalue weighted by Crippen LogP contribution is 2.13. The van der Waals surface area contributed by atoms with Crippen LogP contribution in [0.5, 0.6) is 0 Å². The number of amides is 1. The van der Waals surface area contributed by atoms with Crippen molar-refractivity contribution in [2.45, 2.75) is 12.6 Å². The Bertz CT molecular complexity index is 501. The zero-order valence-electron chi connectivity index (χ0n) is 9.92. The van der Waals surface area contributed by atoms with Crippen molar-refractivity contribution in [3.63, 3.8) is 0 Å². The maximum Gasteiger partial charge on any atom is 0.405 e. The molecule has 0 saturated carbocycles. The van der Waals surface area contributed by atoms with E-state index in [0.29, 0.717) is 5.56 Å². The van der Waals surface area contributed by atoms with Crippen molar-refractivity contribution >= 4 is 5.91 Å². The van der Waals surface area contributed by atoms with Crippen LogP contribution < -0.4 is 5.32 Å². The second kappa shape index (κ2) is 6.81. The molecule has 0 radical (unpaired) electrons. The van der Waals surface area contributed by atoms with E-state index in [-0.39, 0.29) is 18.6 Å². The SMILES string of the molecule is O=C(NCC(F)(F)F)c1ccccc1C#CCCO. The zero-order valence-corrected chi connectivity index (χ0v) is 9.92. The van der Waals surface area contributed by atoms with E-state index in [1.54, 1.807) is 17.4 Å². The molecule has 1 amide bonds. The van der Waals surface area contributed by atoms with Gasteiger partial charge in [-0.25, -0.2) is 0 Å². The third-order valence-corrected chi connectivity index (χ3v) is 2.08. The normalized spacial score (nSPS) is 10.5. The van der Waals surface area contributed by atoms with Crippen LogP contribution in [0.2, 0.25) is 0 Å². The highest BCUT2D eigenvalue weighted by atomic mass is 19.4. The standard InChI is InChI=1S/C13H12F3NO2/c14-13(15,16)9-17-12(19)11-7-2-1-5-10(11)6-3-4-8-18/h1-2,5,7,18H,4,8-9H2,(H,17,19). The first-order chi connectivity index (χ1) is 8.94. The first-order valence-corrected chi connectivity index (χ1v) is 5.48. The maximum absolute atomic E-state index is 12.0. The van der Waals surface area contributed by atoms with Crippen molar-refractivity contribution in [3.05, 3.63) is 35.4 Å². The molecule has 1 rings (SSSR count). The minimum absolute atomic E-state index is 0.0807. The maximum atomic E-state index is 12.0. The number of halogens is 3. The number of hydrogen-bond acceptors (Lipinski definition) is 2. The monoisotopic (exact) mass is 271 g/mol. The van der Waals surface area contributed by atoms with Crippen LogP contribution in [0.25, 0.3) is 0 Å². The molecule has 2 N–H and O–H groups in total. The number of hydrogen-bond donors (Lipinski definition) is 2. The van der Waals surface area contributed by atoms with Crippen LogP contribution in [0.15, 0.2) is 24.3 Å². The summed E-state index contributed by atoms with van der Waals surface area (Å²) in [5.41, 5.74) is 0.410. The van der Waals surface area contributed by atoms with Gasteiger partial charge in [0.05, 0.1) is 12.2 Å². The lowest BCUT2D eigenvalue weighted by atomic mass is 10.1. The molecule has 0 aromatic heterocycles. The van der Waals surface area contributed by atoms with Gasteiger partial charge < -0.3 is 10.4 Å². The first kappa shape index (κ1) is 15.1. The van der Waals surface area contributed by atoms with Crippen LogP contribution in [0, 0.1) is 11.8 Å². The summed E-state index contributed by atoms with van der Waals surface area (Å²) in [6.45, 7) is -1.50. The van der Waals surface area contributed by atoms with Crippen molar-refractivity contribution < 1.29 is 23.1 Å². The lowest BCUT2D eigenvalue weighted by molar-refractivity contribution is -0.123. The van der Waals surface area contributed by atoms with E-state index in [9.17, 15) is 18.0 Å². The van der Waals surface area contributed by atoms with Crippen LogP contribution in [-0.4, -0.2) is 30.3 Å². The Hall–Kier alpha value is -2.00. The number of alkyl halides is 3. The second-order valence-corrected chi connectivity index (χ2v) is 3.62. The second-order valence-electron chi connectivity index (χ2n) is 3.62. The van der Waals surface area contributed by atoms with Crippen molar-refractivity contribution in [3.8, 4) is 11.8 Å². The number of aliphatic hydroxyl groups is 1. The molecule has 0 heterocycles. The molecule has 0 aliphatic heterocycles. The number of benzene rings is 1. The fourth-order valence-corrected chi connectivity index (χ4v) is 1.28. The fourth-order valence-electron chi connectivity index (χ4n) is 1.28. The zero-order chi connectivity index (χ0) is 14.3. The molecule has 0 saturated heterocycles. The van der Waals surface area contributed by atoms with Crippen LogP contribution in [-0.2, 0) is 0 Å². The highest BCUT2D eigenvalue weighted by molar-refractivity contribution is 5.96. The molecule has 0 spiro atoms. The third-order valence-electron chi connectivity index (χ3n) is 2.08. The van der Waals surface area contributed by atoms with Gasteiger partial charge in [-0.05, 0) is 12.1 Å². The van der Waals surface area contributed by atoms with Gasteiger partial charge in [-0.2, -0.15) is 13.2 Å². The lowest BCUT2D eigenvalue weighted by Crippen LogP contribution is -2.34. The molecule has 1 aromatic carbocycles.